The van der Waals surface area contributed by atoms with Crippen molar-refractivity contribution >= 4 is 18.1 Å². The molecule has 21 heavy (non-hydrogen) atoms. The molecule has 8 nitrogen and oxygen atoms in total. The van der Waals surface area contributed by atoms with E-state index in [1.54, 1.807) is 23.6 Å². The Morgan fingerprint density at radius 3 is 2.10 bits per heavy atom. The van der Waals surface area contributed by atoms with E-state index in [0.717, 1.165) is 0 Å². The van der Waals surface area contributed by atoms with Crippen LogP contribution in [0.2, 0.25) is 0 Å². The minimum Gasteiger partial charge on any atom is -0.480 e. The number of rotatable bonds is 4. The van der Waals surface area contributed by atoms with Crippen LogP contribution in [0.5, 0.6) is 0 Å². The van der Waals surface area contributed by atoms with Crippen LogP contribution in [0.25, 0.3) is 0 Å². The average Bonchev–Trinajstić information content (AvgIpc) is 2.47. The van der Waals surface area contributed by atoms with Gasteiger partial charge in [-0.2, -0.15) is 0 Å². The summed E-state index contributed by atoms with van der Waals surface area (Å²) >= 11 is 0. The molecule has 0 saturated carbocycles. The molecule has 0 radical (unpaired) electrons. The highest BCUT2D eigenvalue weighted by atomic mass is 16.6. The zero-order valence-corrected chi connectivity index (χ0v) is 12.7. The van der Waals surface area contributed by atoms with Crippen molar-refractivity contribution in [3.63, 3.8) is 0 Å². The van der Waals surface area contributed by atoms with Gasteiger partial charge in [-0.15, -0.1) is 0 Å². The Morgan fingerprint density at radius 1 is 1.14 bits per heavy atom. The van der Waals surface area contributed by atoms with Crippen molar-refractivity contribution in [2.75, 3.05) is 39.8 Å². The summed E-state index contributed by atoms with van der Waals surface area (Å²) in [5, 5.41) is 9.08. The molecule has 1 aliphatic rings. The van der Waals surface area contributed by atoms with E-state index in [-0.39, 0.29) is 12.1 Å². The normalized spacial score (nSPS) is 16.3. The smallest absolute Gasteiger partial charge is 0.409 e. The molecule has 8 heteroatoms. The summed E-state index contributed by atoms with van der Waals surface area (Å²) in [6.45, 7) is 5.31. The second-order valence-electron chi connectivity index (χ2n) is 4.83. The van der Waals surface area contributed by atoms with Crippen LogP contribution in [-0.4, -0.2) is 83.8 Å². The maximum atomic E-state index is 12.3. The fourth-order valence-corrected chi connectivity index (χ4v) is 2.27. The van der Waals surface area contributed by atoms with Crippen LogP contribution in [-0.2, 0) is 9.53 Å². The molecule has 1 aliphatic heterocycles. The molecule has 1 atom stereocenters. The summed E-state index contributed by atoms with van der Waals surface area (Å²) in [6, 6.07) is -1.16. The van der Waals surface area contributed by atoms with E-state index in [1.807, 2.05) is 0 Å². The first kappa shape index (κ1) is 17.1. The average molecular weight is 301 g/mol. The number of carboxylic acids is 1. The van der Waals surface area contributed by atoms with Gasteiger partial charge in [0.1, 0.15) is 6.04 Å². The Labute approximate surface area is 124 Å². The van der Waals surface area contributed by atoms with Crippen molar-refractivity contribution in [2.45, 2.75) is 26.3 Å². The third-order valence-electron chi connectivity index (χ3n) is 3.52. The van der Waals surface area contributed by atoms with Crippen LogP contribution in [0, 0.1) is 0 Å². The van der Waals surface area contributed by atoms with Gasteiger partial charge in [-0.3, -0.25) is 0 Å². The highest BCUT2D eigenvalue weighted by Crippen LogP contribution is 2.10. The Bertz CT molecular complexity index is 393. The summed E-state index contributed by atoms with van der Waals surface area (Å²) in [7, 11) is 1.49. The predicted octanol–water partition coefficient (Wildman–Crippen LogP) is 0.676. The molecule has 1 saturated heterocycles. The molecule has 1 fully saturated rings. The van der Waals surface area contributed by atoms with Gasteiger partial charge in [0.05, 0.1) is 6.61 Å². The van der Waals surface area contributed by atoms with Crippen molar-refractivity contribution in [3.8, 4) is 0 Å². The van der Waals surface area contributed by atoms with E-state index in [9.17, 15) is 14.4 Å². The predicted molar refractivity (Wildman–Crippen MR) is 75.0 cm³/mol. The Balaban J connectivity index is 2.55. The number of aliphatic carboxylic acids is 1. The Hall–Kier alpha value is -1.99. The van der Waals surface area contributed by atoms with Crippen LogP contribution in [0.4, 0.5) is 9.59 Å². The number of amides is 3. The van der Waals surface area contributed by atoms with E-state index in [2.05, 4.69) is 0 Å². The first-order valence-electron chi connectivity index (χ1n) is 7.08. The third-order valence-corrected chi connectivity index (χ3v) is 3.52. The van der Waals surface area contributed by atoms with Gasteiger partial charge >= 0.3 is 18.1 Å². The number of piperazine rings is 1. The number of carboxylic acid groups (broad SMARTS) is 1. The van der Waals surface area contributed by atoms with Crippen molar-refractivity contribution in [3.05, 3.63) is 0 Å². The van der Waals surface area contributed by atoms with E-state index in [1.165, 1.54) is 11.9 Å². The molecule has 0 bridgehead atoms. The van der Waals surface area contributed by atoms with Crippen molar-refractivity contribution in [1.29, 1.82) is 0 Å². The highest BCUT2D eigenvalue weighted by molar-refractivity contribution is 5.82. The minimum atomic E-state index is -1.02. The maximum Gasteiger partial charge on any atom is 0.409 e. The number of carbonyl (C=O) groups is 3. The zero-order valence-electron chi connectivity index (χ0n) is 12.7. The fraction of sp³-hybridized carbons (Fsp3) is 0.769. The molecule has 1 heterocycles. The standard InChI is InChI=1S/C13H23N3O5/c1-4-10(11(17)18)14(3)12(19)15-6-8-16(9-7-15)13(20)21-5-2/h10H,4-9H2,1-3H3,(H,17,18). The van der Waals surface area contributed by atoms with Gasteiger partial charge < -0.3 is 24.5 Å². The minimum absolute atomic E-state index is 0.317. The molecule has 0 aromatic carbocycles. The first-order chi connectivity index (χ1) is 9.92. The molecule has 0 aromatic heterocycles. The van der Waals surface area contributed by atoms with E-state index in [4.69, 9.17) is 9.84 Å². The van der Waals surface area contributed by atoms with E-state index < -0.39 is 12.0 Å². The quantitative estimate of drug-likeness (QED) is 0.824. The summed E-state index contributed by atoms with van der Waals surface area (Å²) in [5.41, 5.74) is 0. The lowest BCUT2D eigenvalue weighted by atomic mass is 10.2. The first-order valence-corrected chi connectivity index (χ1v) is 7.08. The summed E-state index contributed by atoms with van der Waals surface area (Å²) in [6.07, 6.45) is -0.0321. The molecule has 1 N–H and O–H groups in total. The highest BCUT2D eigenvalue weighted by Gasteiger charge is 2.31. The second kappa shape index (κ2) is 7.70. The number of hydrogen-bond donors (Lipinski definition) is 1. The van der Waals surface area contributed by atoms with Crippen molar-refractivity contribution in [1.82, 2.24) is 14.7 Å². The fourth-order valence-electron chi connectivity index (χ4n) is 2.27. The molecular weight excluding hydrogens is 278 g/mol. The number of nitrogens with zero attached hydrogens (tertiary/aromatic N) is 3. The van der Waals surface area contributed by atoms with Crippen molar-refractivity contribution in [2.24, 2.45) is 0 Å². The van der Waals surface area contributed by atoms with Crippen LogP contribution in [0.1, 0.15) is 20.3 Å². The molecular formula is C13H23N3O5. The Morgan fingerprint density at radius 2 is 1.67 bits per heavy atom. The SMILES string of the molecule is CCOC(=O)N1CCN(C(=O)N(C)C(CC)C(=O)O)CC1. The number of hydrogen-bond acceptors (Lipinski definition) is 4. The van der Waals surface area contributed by atoms with Gasteiger partial charge in [-0.1, -0.05) is 6.92 Å². The van der Waals surface area contributed by atoms with Gasteiger partial charge in [0.15, 0.2) is 0 Å². The van der Waals surface area contributed by atoms with Gasteiger partial charge in [-0.05, 0) is 13.3 Å². The van der Waals surface area contributed by atoms with E-state index in [0.29, 0.717) is 39.2 Å². The third kappa shape index (κ3) is 4.24. The molecule has 0 aliphatic carbocycles. The maximum absolute atomic E-state index is 12.3. The number of carbonyl (C=O) groups excluding carboxylic acids is 2. The lowest BCUT2D eigenvalue weighted by molar-refractivity contribution is -0.142. The number of urea groups is 1. The van der Waals surface area contributed by atoms with Gasteiger partial charge in [0.25, 0.3) is 0 Å². The molecule has 0 aromatic rings. The summed E-state index contributed by atoms with van der Waals surface area (Å²) in [5.74, 6) is -1.02. The lowest BCUT2D eigenvalue weighted by Gasteiger charge is -2.37. The topological polar surface area (TPSA) is 90.4 Å². The molecule has 1 rings (SSSR count). The molecule has 120 valence electrons. The largest absolute Gasteiger partial charge is 0.480 e. The monoisotopic (exact) mass is 301 g/mol. The molecule has 0 spiro atoms. The Kier molecular flexibility index (Phi) is 6.26. The lowest BCUT2D eigenvalue weighted by Crippen LogP contribution is -2.55. The summed E-state index contributed by atoms with van der Waals surface area (Å²) in [4.78, 5) is 39.3. The van der Waals surface area contributed by atoms with Crippen LogP contribution in [0.3, 0.4) is 0 Å². The number of ether oxygens (including phenoxy) is 1. The van der Waals surface area contributed by atoms with Gasteiger partial charge in [0, 0.05) is 33.2 Å². The van der Waals surface area contributed by atoms with Crippen LogP contribution < -0.4 is 0 Å². The second-order valence-corrected chi connectivity index (χ2v) is 4.83. The van der Waals surface area contributed by atoms with Gasteiger partial charge in [0.2, 0.25) is 0 Å². The van der Waals surface area contributed by atoms with Crippen molar-refractivity contribution < 1.29 is 24.2 Å². The zero-order chi connectivity index (χ0) is 16.0. The molecule has 3 amide bonds. The van der Waals surface area contributed by atoms with Crippen LogP contribution in [0.15, 0.2) is 0 Å². The molecule has 1 unspecified atom stereocenters. The summed E-state index contributed by atoms with van der Waals surface area (Å²) < 4.78 is 4.91. The van der Waals surface area contributed by atoms with Gasteiger partial charge in [-0.25, -0.2) is 14.4 Å². The van der Waals surface area contributed by atoms with Crippen LogP contribution >= 0.6 is 0 Å². The number of likely N-dealkylation sites (N-methyl/N-ethyl adjacent to an activating group) is 1. The van der Waals surface area contributed by atoms with E-state index >= 15 is 0 Å².